The van der Waals surface area contributed by atoms with Crippen LogP contribution in [0.1, 0.15) is 29.6 Å². The van der Waals surface area contributed by atoms with Crippen LogP contribution in [-0.2, 0) is 4.79 Å². The number of rotatable bonds is 3. The molecule has 1 aromatic rings. The van der Waals surface area contributed by atoms with Gasteiger partial charge in [-0.1, -0.05) is 0 Å². The normalized spacial score (nSPS) is 28.0. The lowest BCUT2D eigenvalue weighted by Gasteiger charge is -2.21. The lowest BCUT2D eigenvalue weighted by atomic mass is 9.96. The molecule has 3 rings (SSSR count). The monoisotopic (exact) mass is 282 g/mol. The summed E-state index contributed by atoms with van der Waals surface area (Å²) in [5, 5.41) is 0. The second kappa shape index (κ2) is 5.17. The molecule has 2 fully saturated rings. The van der Waals surface area contributed by atoms with E-state index < -0.39 is 12.0 Å². The molecule has 19 heavy (non-hydrogen) atoms. The number of carbonyl (C=O) groups is 2. The number of nitrogens with zero attached hydrogens (tertiary/aromatic N) is 1. The van der Waals surface area contributed by atoms with Gasteiger partial charge in [-0.15, -0.1) is 12.4 Å². The van der Waals surface area contributed by atoms with Crippen LogP contribution in [-0.4, -0.2) is 22.8 Å². The van der Waals surface area contributed by atoms with E-state index >= 15 is 0 Å². The number of Topliss-reactive ketones (excluding diaryl/α,β-unsaturated/α-hetero) is 1. The molecule has 2 bridgehead atoms. The van der Waals surface area contributed by atoms with Crippen molar-refractivity contribution in [1.29, 1.82) is 0 Å². The third kappa shape index (κ3) is 2.30. The summed E-state index contributed by atoms with van der Waals surface area (Å²) in [7, 11) is 0. The Morgan fingerprint density at radius 2 is 2.21 bits per heavy atom. The highest BCUT2D eigenvalue weighted by molar-refractivity contribution is 5.95. The summed E-state index contributed by atoms with van der Waals surface area (Å²) in [5.74, 6) is 0.142. The Kier molecular flexibility index (Phi) is 3.75. The molecule has 0 radical (unpaired) electrons. The van der Waals surface area contributed by atoms with Crippen LogP contribution >= 0.6 is 12.4 Å². The summed E-state index contributed by atoms with van der Waals surface area (Å²) in [5.41, 5.74) is 5.49. The Labute approximate surface area is 116 Å². The minimum atomic E-state index is -0.589. The first-order valence-electron chi connectivity index (χ1n) is 6.12. The van der Waals surface area contributed by atoms with Gasteiger partial charge in [0.1, 0.15) is 5.56 Å². The fourth-order valence-electron chi connectivity index (χ4n) is 2.96. The van der Waals surface area contributed by atoms with Crippen LogP contribution in [0.15, 0.2) is 18.3 Å². The number of nitrogens with two attached hydrogens (primary N) is 1. The van der Waals surface area contributed by atoms with Crippen LogP contribution in [0.4, 0.5) is 0 Å². The van der Waals surface area contributed by atoms with Gasteiger partial charge in [0.25, 0.3) is 5.91 Å². The molecule has 2 aliphatic rings. The number of fused-ring (bicyclic) bond motifs is 2. The largest absolute Gasteiger partial charge is 0.465 e. The highest BCUT2D eigenvalue weighted by atomic mass is 35.5. The summed E-state index contributed by atoms with van der Waals surface area (Å²) in [6.45, 7) is 0. The van der Waals surface area contributed by atoms with Crippen molar-refractivity contribution in [3.05, 3.63) is 23.9 Å². The molecule has 1 aromatic heterocycles. The molecule has 2 aliphatic carbocycles. The minimum Gasteiger partial charge on any atom is -0.465 e. The van der Waals surface area contributed by atoms with E-state index in [4.69, 9.17) is 10.5 Å². The smallest absolute Gasteiger partial charge is 0.254 e. The number of aromatic nitrogens is 1. The van der Waals surface area contributed by atoms with Crippen molar-refractivity contribution in [2.24, 2.45) is 17.6 Å². The topological polar surface area (TPSA) is 82.3 Å². The molecule has 3 unspecified atom stereocenters. The van der Waals surface area contributed by atoms with E-state index in [0.717, 1.165) is 19.3 Å². The third-order valence-electron chi connectivity index (χ3n) is 3.86. The Balaban J connectivity index is 0.00000133. The van der Waals surface area contributed by atoms with Crippen molar-refractivity contribution in [2.45, 2.75) is 25.4 Å². The first kappa shape index (κ1) is 13.8. The maximum Gasteiger partial charge on any atom is 0.254 e. The van der Waals surface area contributed by atoms with Crippen molar-refractivity contribution in [2.75, 3.05) is 0 Å². The Hall–Kier alpha value is -1.62. The Morgan fingerprint density at radius 3 is 2.84 bits per heavy atom. The first-order valence-corrected chi connectivity index (χ1v) is 6.12. The third-order valence-corrected chi connectivity index (χ3v) is 3.86. The van der Waals surface area contributed by atoms with Crippen LogP contribution in [0.5, 0.6) is 5.88 Å². The quantitative estimate of drug-likeness (QED) is 0.907. The molecule has 0 aliphatic heterocycles. The number of amides is 1. The Bertz CT molecular complexity index is 520. The van der Waals surface area contributed by atoms with Crippen molar-refractivity contribution in [3.63, 3.8) is 0 Å². The van der Waals surface area contributed by atoms with Crippen LogP contribution < -0.4 is 10.5 Å². The number of hydrogen-bond acceptors (Lipinski definition) is 4. The molecular weight excluding hydrogens is 268 g/mol. The van der Waals surface area contributed by atoms with Gasteiger partial charge in [-0.3, -0.25) is 9.59 Å². The van der Waals surface area contributed by atoms with E-state index in [9.17, 15) is 9.59 Å². The van der Waals surface area contributed by atoms with Gasteiger partial charge in [-0.05, 0) is 31.4 Å². The maximum atomic E-state index is 12.0. The summed E-state index contributed by atoms with van der Waals surface area (Å²) in [4.78, 5) is 27.2. The molecule has 102 valence electrons. The van der Waals surface area contributed by atoms with Gasteiger partial charge >= 0.3 is 0 Å². The zero-order valence-corrected chi connectivity index (χ0v) is 11.1. The highest BCUT2D eigenvalue weighted by Gasteiger charge is 2.48. The highest BCUT2D eigenvalue weighted by Crippen LogP contribution is 2.43. The molecular formula is C13H15ClN2O3. The van der Waals surface area contributed by atoms with Crippen LogP contribution in [0.25, 0.3) is 0 Å². The van der Waals surface area contributed by atoms with Gasteiger partial charge in [0.05, 0.1) is 0 Å². The van der Waals surface area contributed by atoms with Crippen molar-refractivity contribution in [1.82, 2.24) is 4.98 Å². The zero-order valence-electron chi connectivity index (χ0n) is 10.2. The number of halogens is 1. The molecule has 0 aromatic carbocycles. The summed E-state index contributed by atoms with van der Waals surface area (Å²) < 4.78 is 5.65. The lowest BCUT2D eigenvalue weighted by Crippen LogP contribution is -2.34. The van der Waals surface area contributed by atoms with E-state index in [1.54, 1.807) is 12.1 Å². The van der Waals surface area contributed by atoms with Gasteiger partial charge < -0.3 is 10.5 Å². The second-order valence-corrected chi connectivity index (χ2v) is 4.93. The number of hydrogen-bond donors (Lipinski definition) is 1. The molecule has 5 nitrogen and oxygen atoms in total. The average Bonchev–Trinajstić information content (AvgIpc) is 2.93. The number of ether oxygens (including phenoxy) is 1. The molecule has 2 N–H and O–H groups in total. The standard InChI is InChI=1S/C13H14N2O3.ClH/c14-12(17)9-2-1-5-15-13(9)18-11-8-4-3-7(6-8)10(11)16;/h1-2,5,7-8,11H,3-4,6H2,(H2,14,17);1H. The van der Waals surface area contributed by atoms with Crippen molar-refractivity contribution < 1.29 is 14.3 Å². The average molecular weight is 283 g/mol. The summed E-state index contributed by atoms with van der Waals surface area (Å²) in [6.07, 6.45) is 3.97. The van der Waals surface area contributed by atoms with Gasteiger partial charge in [0.2, 0.25) is 5.88 Å². The van der Waals surface area contributed by atoms with Gasteiger partial charge in [0.15, 0.2) is 11.9 Å². The lowest BCUT2D eigenvalue weighted by molar-refractivity contribution is -0.129. The maximum absolute atomic E-state index is 12.0. The number of pyridine rings is 1. The molecule has 0 saturated heterocycles. The van der Waals surface area contributed by atoms with Gasteiger partial charge in [-0.2, -0.15) is 0 Å². The van der Waals surface area contributed by atoms with E-state index in [0.29, 0.717) is 0 Å². The van der Waals surface area contributed by atoms with Crippen molar-refractivity contribution in [3.8, 4) is 5.88 Å². The van der Waals surface area contributed by atoms with E-state index in [2.05, 4.69) is 4.98 Å². The van der Waals surface area contributed by atoms with E-state index in [-0.39, 0.29) is 41.5 Å². The predicted molar refractivity (Wildman–Crippen MR) is 70.3 cm³/mol. The Morgan fingerprint density at radius 1 is 1.42 bits per heavy atom. The zero-order chi connectivity index (χ0) is 12.7. The van der Waals surface area contributed by atoms with Crippen molar-refractivity contribution >= 4 is 24.1 Å². The number of primary amides is 1. The van der Waals surface area contributed by atoms with Gasteiger partial charge in [0, 0.05) is 18.0 Å². The number of ketones is 1. The molecule has 2 saturated carbocycles. The predicted octanol–water partition coefficient (Wildman–Crippen LogP) is 1.35. The molecule has 6 heteroatoms. The fraction of sp³-hybridized carbons (Fsp3) is 0.462. The second-order valence-electron chi connectivity index (χ2n) is 4.93. The minimum absolute atomic E-state index is 0. The molecule has 1 heterocycles. The van der Waals surface area contributed by atoms with Crippen LogP contribution in [0.3, 0.4) is 0 Å². The number of carbonyl (C=O) groups excluding carboxylic acids is 2. The van der Waals surface area contributed by atoms with Crippen LogP contribution in [0.2, 0.25) is 0 Å². The molecule has 3 atom stereocenters. The van der Waals surface area contributed by atoms with E-state index in [1.807, 2.05) is 0 Å². The van der Waals surface area contributed by atoms with E-state index in [1.165, 1.54) is 6.20 Å². The van der Waals surface area contributed by atoms with Gasteiger partial charge in [-0.25, -0.2) is 4.98 Å². The fourth-order valence-corrected chi connectivity index (χ4v) is 2.96. The first-order chi connectivity index (χ1) is 8.66. The summed E-state index contributed by atoms with van der Waals surface area (Å²) >= 11 is 0. The molecule has 0 spiro atoms. The SMILES string of the molecule is Cl.NC(=O)c1cccnc1OC1C(=O)C2CCC1C2. The van der Waals surface area contributed by atoms with Crippen LogP contribution in [0, 0.1) is 11.8 Å². The summed E-state index contributed by atoms with van der Waals surface area (Å²) in [6, 6.07) is 3.18. The molecule has 1 amide bonds.